The summed E-state index contributed by atoms with van der Waals surface area (Å²) in [5, 5.41) is 0. The van der Waals surface area contributed by atoms with Gasteiger partial charge in [-0.1, -0.05) is 145 Å². The second kappa shape index (κ2) is 22.5. The van der Waals surface area contributed by atoms with Crippen LogP contribution < -0.4 is 0 Å². The van der Waals surface area contributed by atoms with Crippen molar-refractivity contribution in [2.45, 2.75) is 39.5 Å². The maximum Gasteiger partial charge on any atom is 3.00 e. The molecule has 73 heavy (non-hydrogen) atoms. The average Bonchev–Trinajstić information content (AvgIpc) is 3.45. The topological polar surface area (TPSA) is 38.7 Å². The Hall–Kier alpha value is -8.14. The van der Waals surface area contributed by atoms with Crippen LogP contribution in [0.5, 0.6) is 0 Å². The molecule has 11 aromatic rings. The molecule has 0 atom stereocenters. The molecule has 0 aliphatic rings. The molecule has 0 N–H and O–H groups in total. The molecular formula is C69H52IrN3. The Morgan fingerprint density at radius 3 is 1.29 bits per heavy atom. The molecule has 0 unspecified atom stereocenters. The summed E-state index contributed by atoms with van der Waals surface area (Å²) in [5.74, 6) is 0. The maximum absolute atomic E-state index is 5.13. The van der Waals surface area contributed by atoms with E-state index in [2.05, 4.69) is 208 Å². The summed E-state index contributed by atoms with van der Waals surface area (Å²) < 4.78 is 0. The number of hydrogen-bond acceptors (Lipinski definition) is 3. The van der Waals surface area contributed by atoms with Gasteiger partial charge in [-0.15, -0.1) is 108 Å². The molecular weight excluding hydrogens is 1060 g/mol. The number of pyridine rings is 3. The average molecular weight is 1120 g/mol. The van der Waals surface area contributed by atoms with Crippen LogP contribution in [0, 0.1) is 32.0 Å². The van der Waals surface area contributed by atoms with Gasteiger partial charge >= 0.3 is 20.1 Å². The van der Waals surface area contributed by atoms with Crippen LogP contribution >= 0.6 is 0 Å². The minimum Gasteiger partial charge on any atom is -0.304 e. The molecule has 0 spiro atoms. The van der Waals surface area contributed by atoms with Gasteiger partial charge in [-0.2, -0.15) is 0 Å². The van der Waals surface area contributed by atoms with Crippen molar-refractivity contribution in [1.82, 2.24) is 15.0 Å². The van der Waals surface area contributed by atoms with Crippen LogP contribution in [0.15, 0.2) is 231 Å². The van der Waals surface area contributed by atoms with Crippen LogP contribution in [-0.2, 0) is 45.8 Å². The molecule has 4 heteroatoms. The van der Waals surface area contributed by atoms with Gasteiger partial charge in [-0.05, 0) is 135 Å². The van der Waals surface area contributed by atoms with Crippen LogP contribution in [0.3, 0.4) is 0 Å². The number of benzene rings is 8. The minimum atomic E-state index is 0. The molecule has 352 valence electrons. The summed E-state index contributed by atoms with van der Waals surface area (Å²) in [7, 11) is 0. The maximum atomic E-state index is 5.13. The summed E-state index contributed by atoms with van der Waals surface area (Å²) in [6, 6.07) is 85.3. The molecule has 0 radical (unpaired) electrons. The third-order valence-corrected chi connectivity index (χ3v) is 13.7. The Morgan fingerprint density at radius 2 is 0.767 bits per heavy atom. The molecule has 3 nitrogen and oxygen atoms in total. The molecule has 0 aliphatic heterocycles. The third kappa shape index (κ3) is 11.2. The largest absolute Gasteiger partial charge is 3.00 e. The predicted octanol–water partition coefficient (Wildman–Crippen LogP) is 16.8. The number of aromatic nitrogens is 3. The molecule has 8 aromatic carbocycles. The zero-order chi connectivity index (χ0) is 48.6. The van der Waals surface area contributed by atoms with Gasteiger partial charge < -0.3 is 15.0 Å². The van der Waals surface area contributed by atoms with Crippen molar-refractivity contribution in [2.75, 3.05) is 0 Å². The quantitative estimate of drug-likeness (QED) is 0.102. The fraction of sp³-hybridized carbons (Fsp3) is 0.0870. The van der Waals surface area contributed by atoms with Gasteiger partial charge in [0.1, 0.15) is 0 Å². The molecule has 0 saturated carbocycles. The van der Waals surface area contributed by atoms with Gasteiger partial charge in [0.25, 0.3) is 0 Å². The van der Waals surface area contributed by atoms with E-state index in [0.717, 1.165) is 81.7 Å². The van der Waals surface area contributed by atoms with Crippen LogP contribution in [0.4, 0.5) is 0 Å². The van der Waals surface area contributed by atoms with Crippen LogP contribution in [-0.4, -0.2) is 15.0 Å². The summed E-state index contributed by atoms with van der Waals surface area (Å²) in [6.07, 6.45) is 9.67. The van der Waals surface area contributed by atoms with Gasteiger partial charge in [0.15, 0.2) is 0 Å². The Bertz CT molecular complexity index is 3520. The molecule has 0 aliphatic carbocycles. The summed E-state index contributed by atoms with van der Waals surface area (Å²) in [5.41, 5.74) is 24.9. The van der Waals surface area contributed by atoms with E-state index in [1.54, 1.807) is 0 Å². The first-order chi connectivity index (χ1) is 35.5. The van der Waals surface area contributed by atoms with Gasteiger partial charge in [0.2, 0.25) is 0 Å². The normalized spacial score (nSPS) is 11.0. The van der Waals surface area contributed by atoms with Crippen molar-refractivity contribution < 1.29 is 20.1 Å². The van der Waals surface area contributed by atoms with E-state index in [4.69, 9.17) is 15.0 Å². The van der Waals surface area contributed by atoms with E-state index in [1.165, 1.54) is 66.8 Å². The first-order valence-corrected chi connectivity index (χ1v) is 24.8. The van der Waals surface area contributed by atoms with Gasteiger partial charge in [0.05, 0.1) is 0 Å². The van der Waals surface area contributed by atoms with Crippen molar-refractivity contribution in [3.8, 4) is 89.4 Å². The zero-order valence-electron chi connectivity index (χ0n) is 40.9. The van der Waals surface area contributed by atoms with E-state index in [1.807, 2.05) is 54.6 Å². The third-order valence-electron chi connectivity index (χ3n) is 13.7. The monoisotopic (exact) mass is 1120 g/mol. The Kier molecular flexibility index (Phi) is 15.0. The summed E-state index contributed by atoms with van der Waals surface area (Å²) >= 11 is 0. The van der Waals surface area contributed by atoms with Crippen molar-refractivity contribution in [1.29, 1.82) is 0 Å². The molecule has 3 heterocycles. The molecule has 0 saturated heterocycles. The summed E-state index contributed by atoms with van der Waals surface area (Å²) in [4.78, 5) is 14.9. The van der Waals surface area contributed by atoms with Crippen LogP contribution in [0.2, 0.25) is 0 Å². The summed E-state index contributed by atoms with van der Waals surface area (Å²) in [6.45, 7) is 4.39. The zero-order valence-corrected chi connectivity index (χ0v) is 43.3. The number of aryl methyl sites for hydroxylation is 6. The minimum absolute atomic E-state index is 0. The van der Waals surface area contributed by atoms with Crippen LogP contribution in [0.1, 0.15) is 33.4 Å². The first kappa shape index (κ1) is 48.5. The fourth-order valence-electron chi connectivity index (χ4n) is 9.79. The van der Waals surface area contributed by atoms with E-state index < -0.39 is 0 Å². The van der Waals surface area contributed by atoms with Crippen molar-refractivity contribution in [3.05, 3.63) is 282 Å². The van der Waals surface area contributed by atoms with Gasteiger partial charge in [-0.25, -0.2) is 0 Å². The van der Waals surface area contributed by atoms with Crippen molar-refractivity contribution in [2.24, 2.45) is 0 Å². The Labute approximate surface area is 443 Å². The molecule has 3 aromatic heterocycles. The van der Waals surface area contributed by atoms with E-state index >= 15 is 0 Å². The van der Waals surface area contributed by atoms with E-state index in [0.29, 0.717) is 0 Å². The number of rotatable bonds is 14. The Morgan fingerprint density at radius 1 is 0.315 bits per heavy atom. The molecule has 11 rings (SSSR count). The van der Waals surface area contributed by atoms with Gasteiger partial charge in [-0.3, -0.25) is 0 Å². The fourth-order valence-corrected chi connectivity index (χ4v) is 9.79. The standard InChI is InChI=1S/C69H52N3.Ir/c1-48-38-67(55-20-9-4-10-21-55)70-45-60(48)32-30-50-40-51(31-33-61-46-71-68(39-49(61)2)56-22-11-5-12-23-56)42-62(41-50)63-28-15-16-29-64(63)66-47-72-69(57-24-13-6-14-25-57)44-65(66)54-36-34-53(35-37-54)59-27-17-26-58(43-59)52-18-7-3-8-19-52;/h3-20,22,24,26-29,34-47H,30-33H2,1-2H3;/q-3;+3. The second-order valence-electron chi connectivity index (χ2n) is 18.5. The van der Waals surface area contributed by atoms with E-state index in [-0.39, 0.29) is 20.1 Å². The first-order valence-electron chi connectivity index (χ1n) is 24.8. The molecule has 0 fully saturated rings. The smallest absolute Gasteiger partial charge is 0.304 e. The number of nitrogens with zero attached hydrogens (tertiary/aromatic N) is 3. The molecule has 0 amide bonds. The SMILES string of the molecule is Cc1cc(-c2[c-]cccc2)ncc1CCc1cc(CCc2cnc(-c3[c-]cccc3)cc2C)cc(-c2ccccc2-c2cnc(-c3[c-]cccc3)cc2-c2ccc(-c3cccc(-c4ccccc4)c3)cc2)c1.[Ir+3]. The Balaban J connectivity index is 0.00000611. The van der Waals surface area contributed by atoms with E-state index in [9.17, 15) is 0 Å². The van der Waals surface area contributed by atoms with Gasteiger partial charge in [0, 0.05) is 24.2 Å². The predicted molar refractivity (Wildman–Crippen MR) is 297 cm³/mol. The van der Waals surface area contributed by atoms with Crippen LogP contribution in [0.25, 0.3) is 89.4 Å². The van der Waals surface area contributed by atoms with Crippen molar-refractivity contribution in [3.63, 3.8) is 0 Å². The number of hydrogen-bond donors (Lipinski definition) is 0. The second-order valence-corrected chi connectivity index (χ2v) is 18.5. The molecule has 0 bridgehead atoms. The van der Waals surface area contributed by atoms with Crippen molar-refractivity contribution >= 4 is 0 Å².